The summed E-state index contributed by atoms with van der Waals surface area (Å²) in [6.07, 6.45) is 0.945. The van der Waals surface area contributed by atoms with Crippen molar-refractivity contribution in [2.45, 2.75) is 20.3 Å². The molecule has 0 unspecified atom stereocenters. The smallest absolute Gasteiger partial charge is 0.234 e. The minimum atomic E-state index is 0.237. The molecule has 2 N–H and O–H groups in total. The van der Waals surface area contributed by atoms with E-state index in [1.54, 1.807) is 0 Å². The summed E-state index contributed by atoms with van der Waals surface area (Å²) in [5.41, 5.74) is 5.54. The largest absolute Gasteiger partial charge is 0.477 e. The SMILES string of the molecule is CC(C)CCOc1nc(N)c(Cl)cc1Cl. The van der Waals surface area contributed by atoms with Gasteiger partial charge >= 0.3 is 0 Å². The molecule has 0 radical (unpaired) electrons. The van der Waals surface area contributed by atoms with Crippen LogP contribution in [0.1, 0.15) is 20.3 Å². The predicted octanol–water partition coefficient (Wildman–Crippen LogP) is 3.40. The molecule has 0 saturated carbocycles. The Morgan fingerprint density at radius 3 is 2.67 bits per heavy atom. The Morgan fingerprint density at radius 1 is 1.40 bits per heavy atom. The highest BCUT2D eigenvalue weighted by molar-refractivity contribution is 6.36. The van der Waals surface area contributed by atoms with Gasteiger partial charge in [-0.25, -0.2) is 0 Å². The third kappa shape index (κ3) is 3.76. The Kier molecular flexibility index (Phi) is 4.48. The minimum absolute atomic E-state index is 0.237. The number of rotatable bonds is 4. The van der Waals surface area contributed by atoms with Gasteiger partial charge in [-0.15, -0.1) is 0 Å². The van der Waals surface area contributed by atoms with Gasteiger partial charge in [0.25, 0.3) is 0 Å². The van der Waals surface area contributed by atoms with Crippen molar-refractivity contribution in [3.8, 4) is 5.88 Å². The molecule has 15 heavy (non-hydrogen) atoms. The molecule has 0 fully saturated rings. The summed E-state index contributed by atoms with van der Waals surface area (Å²) in [5, 5.41) is 0.731. The number of halogens is 2. The van der Waals surface area contributed by atoms with E-state index >= 15 is 0 Å². The summed E-state index contributed by atoms with van der Waals surface area (Å²) >= 11 is 11.6. The maximum atomic E-state index is 5.89. The summed E-state index contributed by atoms with van der Waals surface area (Å²) in [6.45, 7) is 4.81. The van der Waals surface area contributed by atoms with E-state index < -0.39 is 0 Å². The second-order valence-electron chi connectivity index (χ2n) is 3.67. The molecule has 1 heterocycles. The first-order valence-corrected chi connectivity index (χ1v) is 5.50. The van der Waals surface area contributed by atoms with Crippen LogP contribution in [0.4, 0.5) is 5.82 Å². The Bertz CT molecular complexity index is 342. The normalized spacial score (nSPS) is 10.7. The third-order valence-corrected chi connectivity index (χ3v) is 2.43. The third-order valence-electron chi connectivity index (χ3n) is 1.86. The highest BCUT2D eigenvalue weighted by Crippen LogP contribution is 2.29. The Balaban J connectivity index is 2.65. The van der Waals surface area contributed by atoms with Crippen LogP contribution in [0.15, 0.2) is 6.07 Å². The molecule has 1 rings (SSSR count). The number of nitrogens with two attached hydrogens (primary N) is 1. The fraction of sp³-hybridized carbons (Fsp3) is 0.500. The van der Waals surface area contributed by atoms with Crippen LogP contribution in [0, 0.1) is 5.92 Å². The van der Waals surface area contributed by atoms with Gasteiger partial charge in [-0.2, -0.15) is 4.98 Å². The molecule has 0 aliphatic rings. The lowest BCUT2D eigenvalue weighted by Gasteiger charge is -2.09. The van der Waals surface area contributed by atoms with Gasteiger partial charge in [-0.1, -0.05) is 37.0 Å². The minimum Gasteiger partial charge on any atom is -0.477 e. The molecule has 0 bridgehead atoms. The number of aromatic nitrogens is 1. The standard InChI is InChI=1S/C10H14Cl2N2O/c1-6(2)3-4-15-10-8(12)5-7(11)9(13)14-10/h5-6H,3-4H2,1-2H3,(H2,13,14). The fourth-order valence-corrected chi connectivity index (χ4v) is 1.37. The van der Waals surface area contributed by atoms with Gasteiger partial charge in [-0.05, 0) is 18.4 Å². The van der Waals surface area contributed by atoms with E-state index in [1.165, 1.54) is 6.07 Å². The number of hydrogen-bond acceptors (Lipinski definition) is 3. The van der Waals surface area contributed by atoms with E-state index in [4.69, 9.17) is 33.7 Å². The maximum absolute atomic E-state index is 5.89. The molecule has 0 amide bonds. The van der Waals surface area contributed by atoms with E-state index in [-0.39, 0.29) is 5.82 Å². The number of ether oxygens (including phenoxy) is 1. The van der Waals surface area contributed by atoms with Crippen molar-refractivity contribution in [1.82, 2.24) is 4.98 Å². The Hall–Kier alpha value is -0.670. The van der Waals surface area contributed by atoms with E-state index in [0.717, 1.165) is 6.42 Å². The maximum Gasteiger partial charge on any atom is 0.234 e. The second-order valence-corrected chi connectivity index (χ2v) is 4.49. The number of pyridine rings is 1. The summed E-state index contributed by atoms with van der Waals surface area (Å²) in [5.74, 6) is 1.16. The first-order valence-electron chi connectivity index (χ1n) is 4.75. The topological polar surface area (TPSA) is 48.1 Å². The van der Waals surface area contributed by atoms with Crippen molar-refractivity contribution in [3.05, 3.63) is 16.1 Å². The van der Waals surface area contributed by atoms with Gasteiger partial charge in [0.2, 0.25) is 5.88 Å². The first kappa shape index (κ1) is 12.4. The zero-order valence-electron chi connectivity index (χ0n) is 8.76. The molecule has 1 aromatic heterocycles. The highest BCUT2D eigenvalue weighted by Gasteiger charge is 2.08. The summed E-state index contributed by atoms with van der Waals surface area (Å²) in [7, 11) is 0. The van der Waals surface area contributed by atoms with Crippen molar-refractivity contribution in [3.63, 3.8) is 0 Å². The van der Waals surface area contributed by atoms with Crippen LogP contribution >= 0.6 is 23.2 Å². The zero-order valence-corrected chi connectivity index (χ0v) is 10.3. The van der Waals surface area contributed by atoms with E-state index in [1.807, 2.05) is 0 Å². The van der Waals surface area contributed by atoms with Crippen LogP contribution in [0.5, 0.6) is 5.88 Å². The fourth-order valence-electron chi connectivity index (χ4n) is 0.956. The van der Waals surface area contributed by atoms with Crippen LogP contribution in [0.3, 0.4) is 0 Å². The molecule has 0 atom stereocenters. The molecule has 0 spiro atoms. The van der Waals surface area contributed by atoms with Crippen molar-refractivity contribution >= 4 is 29.0 Å². The van der Waals surface area contributed by atoms with Crippen molar-refractivity contribution in [1.29, 1.82) is 0 Å². The summed E-state index contributed by atoms with van der Waals surface area (Å²) in [4.78, 5) is 3.96. The quantitative estimate of drug-likeness (QED) is 0.889. The van der Waals surface area contributed by atoms with Crippen LogP contribution < -0.4 is 10.5 Å². The number of nitrogens with zero attached hydrogens (tertiary/aromatic N) is 1. The van der Waals surface area contributed by atoms with E-state index in [0.29, 0.717) is 28.5 Å². The molecular weight excluding hydrogens is 235 g/mol. The van der Waals surface area contributed by atoms with Crippen LogP contribution in [0.25, 0.3) is 0 Å². The van der Waals surface area contributed by atoms with Crippen LogP contribution in [-0.4, -0.2) is 11.6 Å². The number of hydrogen-bond donors (Lipinski definition) is 1. The molecule has 0 aliphatic heterocycles. The summed E-state index contributed by atoms with van der Waals surface area (Å²) < 4.78 is 5.40. The van der Waals surface area contributed by atoms with Gasteiger partial charge < -0.3 is 10.5 Å². The lowest BCUT2D eigenvalue weighted by atomic mass is 10.1. The predicted molar refractivity (Wildman–Crippen MR) is 63.6 cm³/mol. The molecule has 3 nitrogen and oxygen atoms in total. The molecule has 84 valence electrons. The molecular formula is C10H14Cl2N2O. The monoisotopic (exact) mass is 248 g/mol. The van der Waals surface area contributed by atoms with Gasteiger partial charge in [0, 0.05) is 0 Å². The highest BCUT2D eigenvalue weighted by atomic mass is 35.5. The van der Waals surface area contributed by atoms with Gasteiger partial charge in [0.15, 0.2) is 0 Å². The van der Waals surface area contributed by atoms with Crippen molar-refractivity contribution in [2.75, 3.05) is 12.3 Å². The molecule has 5 heteroatoms. The zero-order chi connectivity index (χ0) is 11.4. The average Bonchev–Trinajstić information content (AvgIpc) is 2.13. The number of nitrogen functional groups attached to an aromatic ring is 1. The molecule has 0 saturated heterocycles. The second kappa shape index (κ2) is 5.42. The van der Waals surface area contributed by atoms with Crippen LogP contribution in [-0.2, 0) is 0 Å². The van der Waals surface area contributed by atoms with Gasteiger partial charge in [0.05, 0.1) is 11.6 Å². The Labute approximate surface area is 99.5 Å². The lowest BCUT2D eigenvalue weighted by Crippen LogP contribution is -2.04. The Morgan fingerprint density at radius 2 is 2.07 bits per heavy atom. The molecule has 0 aliphatic carbocycles. The van der Waals surface area contributed by atoms with E-state index in [9.17, 15) is 0 Å². The summed E-state index contributed by atoms with van der Waals surface area (Å²) in [6, 6.07) is 1.54. The molecule has 0 aromatic carbocycles. The van der Waals surface area contributed by atoms with Gasteiger partial charge in [0.1, 0.15) is 10.8 Å². The lowest BCUT2D eigenvalue weighted by molar-refractivity contribution is 0.280. The van der Waals surface area contributed by atoms with Crippen molar-refractivity contribution in [2.24, 2.45) is 5.92 Å². The first-order chi connectivity index (χ1) is 7.00. The average molecular weight is 249 g/mol. The van der Waals surface area contributed by atoms with Gasteiger partial charge in [-0.3, -0.25) is 0 Å². The molecule has 1 aromatic rings. The van der Waals surface area contributed by atoms with Crippen LogP contribution in [0.2, 0.25) is 10.0 Å². The number of anilines is 1. The van der Waals surface area contributed by atoms with E-state index in [2.05, 4.69) is 18.8 Å². The van der Waals surface area contributed by atoms with Crippen molar-refractivity contribution < 1.29 is 4.74 Å².